The predicted molar refractivity (Wildman–Crippen MR) is 101 cm³/mol. The number of carbonyl (C=O) groups excluding carboxylic acids is 1. The van der Waals surface area contributed by atoms with Gasteiger partial charge in [0.05, 0.1) is 12.1 Å². The third-order valence-corrected chi connectivity index (χ3v) is 5.37. The van der Waals surface area contributed by atoms with E-state index in [1.54, 1.807) is 0 Å². The SMILES string of the molecule is CC(NC(=O)C(C)N1CCCC(CO)C1)c1ccc2ccccc2c1. The number of nitrogens with one attached hydrogen (secondary N) is 1. The van der Waals surface area contributed by atoms with Gasteiger partial charge in [0, 0.05) is 13.2 Å². The van der Waals surface area contributed by atoms with E-state index in [9.17, 15) is 9.90 Å². The lowest BCUT2D eigenvalue weighted by molar-refractivity contribution is -0.127. The number of rotatable bonds is 5. The first-order valence-corrected chi connectivity index (χ1v) is 9.22. The number of benzene rings is 2. The fourth-order valence-electron chi connectivity index (χ4n) is 3.66. The van der Waals surface area contributed by atoms with E-state index in [2.05, 4.69) is 40.5 Å². The molecule has 1 heterocycles. The molecule has 3 atom stereocenters. The van der Waals surface area contributed by atoms with Gasteiger partial charge in [-0.1, -0.05) is 36.4 Å². The van der Waals surface area contributed by atoms with Crippen LogP contribution >= 0.6 is 0 Å². The molecule has 0 saturated carbocycles. The Morgan fingerprint density at radius 2 is 2.00 bits per heavy atom. The van der Waals surface area contributed by atoms with Crippen LogP contribution in [-0.2, 0) is 4.79 Å². The summed E-state index contributed by atoms with van der Waals surface area (Å²) in [5, 5.41) is 14.9. The number of carbonyl (C=O) groups is 1. The number of fused-ring (bicyclic) bond motifs is 1. The highest BCUT2D eigenvalue weighted by molar-refractivity contribution is 5.84. The third-order valence-electron chi connectivity index (χ3n) is 5.37. The molecule has 4 heteroatoms. The van der Waals surface area contributed by atoms with Crippen LogP contribution in [0.1, 0.15) is 38.3 Å². The summed E-state index contributed by atoms with van der Waals surface area (Å²) >= 11 is 0. The number of amides is 1. The van der Waals surface area contributed by atoms with Gasteiger partial charge in [0.2, 0.25) is 5.91 Å². The average molecular weight is 340 g/mol. The second kappa shape index (κ2) is 7.98. The molecule has 1 saturated heterocycles. The fourth-order valence-corrected chi connectivity index (χ4v) is 3.66. The van der Waals surface area contributed by atoms with Gasteiger partial charge in [-0.05, 0) is 61.6 Å². The van der Waals surface area contributed by atoms with Gasteiger partial charge in [0.25, 0.3) is 0 Å². The van der Waals surface area contributed by atoms with Crippen molar-refractivity contribution in [3.05, 3.63) is 48.0 Å². The molecular weight excluding hydrogens is 312 g/mol. The summed E-state index contributed by atoms with van der Waals surface area (Å²) in [4.78, 5) is 14.9. The van der Waals surface area contributed by atoms with Gasteiger partial charge in [0.1, 0.15) is 0 Å². The lowest BCUT2D eigenvalue weighted by atomic mass is 9.97. The molecule has 2 aromatic carbocycles. The van der Waals surface area contributed by atoms with Crippen LogP contribution in [0.25, 0.3) is 10.8 Å². The van der Waals surface area contributed by atoms with E-state index in [0.717, 1.165) is 31.5 Å². The molecule has 0 aromatic heterocycles. The maximum Gasteiger partial charge on any atom is 0.237 e. The minimum absolute atomic E-state index is 0.0296. The van der Waals surface area contributed by atoms with Crippen molar-refractivity contribution in [2.24, 2.45) is 5.92 Å². The van der Waals surface area contributed by atoms with Crippen molar-refractivity contribution in [1.29, 1.82) is 0 Å². The van der Waals surface area contributed by atoms with Crippen molar-refractivity contribution in [1.82, 2.24) is 10.2 Å². The summed E-state index contributed by atoms with van der Waals surface area (Å²) in [5.41, 5.74) is 1.12. The standard InChI is InChI=1S/C21H28N2O2/c1-15(19-10-9-18-7-3-4-8-20(18)12-19)22-21(25)16(2)23-11-5-6-17(13-23)14-24/h3-4,7-10,12,15-17,24H,5-6,11,13-14H2,1-2H3,(H,22,25). The molecule has 4 nitrogen and oxygen atoms in total. The van der Waals surface area contributed by atoms with Crippen molar-refractivity contribution < 1.29 is 9.90 Å². The van der Waals surface area contributed by atoms with Crippen molar-refractivity contribution in [3.8, 4) is 0 Å². The molecule has 2 aromatic rings. The zero-order chi connectivity index (χ0) is 17.8. The quantitative estimate of drug-likeness (QED) is 0.879. The second-order valence-corrected chi connectivity index (χ2v) is 7.20. The van der Waals surface area contributed by atoms with Gasteiger partial charge in [0.15, 0.2) is 0 Å². The summed E-state index contributed by atoms with van der Waals surface area (Å²) in [6.07, 6.45) is 2.10. The molecule has 2 N–H and O–H groups in total. The Labute approximate surface area is 149 Å². The van der Waals surface area contributed by atoms with Crippen LogP contribution in [-0.4, -0.2) is 41.7 Å². The van der Waals surface area contributed by atoms with Crippen LogP contribution in [0.3, 0.4) is 0 Å². The van der Waals surface area contributed by atoms with Gasteiger partial charge < -0.3 is 10.4 Å². The Kier molecular flexibility index (Phi) is 5.71. The first-order chi connectivity index (χ1) is 12.1. The van der Waals surface area contributed by atoms with E-state index >= 15 is 0 Å². The maximum atomic E-state index is 12.7. The van der Waals surface area contributed by atoms with Crippen molar-refractivity contribution in [2.45, 2.75) is 38.8 Å². The van der Waals surface area contributed by atoms with Crippen LogP contribution in [0.2, 0.25) is 0 Å². The first-order valence-electron chi connectivity index (χ1n) is 9.22. The number of likely N-dealkylation sites (tertiary alicyclic amines) is 1. The largest absolute Gasteiger partial charge is 0.396 e. The molecule has 134 valence electrons. The molecule has 25 heavy (non-hydrogen) atoms. The van der Waals surface area contributed by atoms with E-state index in [0.29, 0.717) is 5.92 Å². The highest BCUT2D eigenvalue weighted by Gasteiger charge is 2.27. The van der Waals surface area contributed by atoms with Crippen LogP contribution in [0, 0.1) is 5.92 Å². The second-order valence-electron chi connectivity index (χ2n) is 7.20. The lowest BCUT2D eigenvalue weighted by Crippen LogP contribution is -2.49. The van der Waals surface area contributed by atoms with Gasteiger partial charge in [-0.25, -0.2) is 0 Å². The maximum absolute atomic E-state index is 12.7. The van der Waals surface area contributed by atoms with Crippen LogP contribution in [0.15, 0.2) is 42.5 Å². The van der Waals surface area contributed by atoms with Crippen molar-refractivity contribution >= 4 is 16.7 Å². The number of piperidine rings is 1. The van der Waals surface area contributed by atoms with Crippen LogP contribution < -0.4 is 5.32 Å². The smallest absolute Gasteiger partial charge is 0.237 e. The van der Waals surface area contributed by atoms with Gasteiger partial charge >= 0.3 is 0 Å². The Balaban J connectivity index is 1.64. The van der Waals surface area contributed by atoms with E-state index in [-0.39, 0.29) is 24.6 Å². The average Bonchev–Trinajstić information content (AvgIpc) is 2.66. The summed E-state index contributed by atoms with van der Waals surface area (Å²) in [5.74, 6) is 0.348. The minimum Gasteiger partial charge on any atom is -0.396 e. The molecule has 3 unspecified atom stereocenters. The third kappa shape index (κ3) is 4.20. The molecular formula is C21H28N2O2. The fraction of sp³-hybridized carbons (Fsp3) is 0.476. The summed E-state index contributed by atoms with van der Waals surface area (Å²) < 4.78 is 0. The molecule has 0 spiro atoms. The minimum atomic E-state index is -0.169. The number of aliphatic hydroxyl groups excluding tert-OH is 1. The van der Waals surface area contributed by atoms with E-state index in [4.69, 9.17) is 0 Å². The van der Waals surface area contributed by atoms with Gasteiger partial charge in [-0.2, -0.15) is 0 Å². The van der Waals surface area contributed by atoms with Crippen LogP contribution in [0.5, 0.6) is 0 Å². The van der Waals surface area contributed by atoms with Crippen molar-refractivity contribution in [2.75, 3.05) is 19.7 Å². The molecule has 1 fully saturated rings. The normalized spacial score (nSPS) is 21.0. The van der Waals surface area contributed by atoms with Gasteiger partial charge in [-0.15, -0.1) is 0 Å². The highest BCUT2D eigenvalue weighted by atomic mass is 16.3. The Morgan fingerprint density at radius 1 is 1.24 bits per heavy atom. The summed E-state index contributed by atoms with van der Waals surface area (Å²) in [7, 11) is 0. The Bertz CT molecular complexity index is 731. The number of nitrogens with zero attached hydrogens (tertiary/aromatic N) is 1. The monoisotopic (exact) mass is 340 g/mol. The zero-order valence-electron chi connectivity index (χ0n) is 15.1. The topological polar surface area (TPSA) is 52.6 Å². The van der Waals surface area contributed by atoms with E-state index in [1.165, 1.54) is 10.8 Å². The Morgan fingerprint density at radius 3 is 2.76 bits per heavy atom. The predicted octanol–water partition coefficient (Wildman–Crippen LogP) is 3.11. The van der Waals surface area contributed by atoms with Crippen LogP contribution in [0.4, 0.5) is 0 Å². The molecule has 1 aliphatic rings. The number of aliphatic hydroxyl groups is 1. The molecule has 3 rings (SSSR count). The summed E-state index contributed by atoms with van der Waals surface area (Å²) in [6.45, 7) is 5.92. The summed E-state index contributed by atoms with van der Waals surface area (Å²) in [6, 6.07) is 14.4. The zero-order valence-corrected chi connectivity index (χ0v) is 15.1. The van der Waals surface area contributed by atoms with Crippen molar-refractivity contribution in [3.63, 3.8) is 0 Å². The molecule has 1 aliphatic heterocycles. The highest BCUT2D eigenvalue weighted by Crippen LogP contribution is 2.21. The molecule has 0 radical (unpaired) electrons. The molecule has 1 amide bonds. The first kappa shape index (κ1) is 17.9. The molecule has 0 bridgehead atoms. The lowest BCUT2D eigenvalue weighted by Gasteiger charge is -2.35. The Hall–Kier alpha value is -1.91. The number of hydrogen-bond donors (Lipinski definition) is 2. The van der Waals surface area contributed by atoms with Gasteiger partial charge in [-0.3, -0.25) is 9.69 Å². The van der Waals surface area contributed by atoms with E-state index < -0.39 is 0 Å². The van der Waals surface area contributed by atoms with E-state index in [1.807, 2.05) is 26.0 Å². The molecule has 0 aliphatic carbocycles. The number of hydrogen-bond acceptors (Lipinski definition) is 3.